The maximum atomic E-state index is 13.1. The van der Waals surface area contributed by atoms with E-state index >= 15 is 0 Å². The van der Waals surface area contributed by atoms with Crippen LogP contribution in [0.2, 0.25) is 0 Å². The zero-order valence-corrected chi connectivity index (χ0v) is 20.0. The number of aryl methyl sites for hydroxylation is 1. The van der Waals surface area contributed by atoms with E-state index in [2.05, 4.69) is 10.1 Å². The number of ether oxygens (including phenoxy) is 1. The van der Waals surface area contributed by atoms with Crippen LogP contribution in [0.3, 0.4) is 0 Å². The van der Waals surface area contributed by atoms with Gasteiger partial charge >= 0.3 is 6.16 Å². The highest BCUT2D eigenvalue weighted by Gasteiger charge is 2.29. The Morgan fingerprint density at radius 2 is 1.65 bits per heavy atom. The molecule has 0 spiro atoms. The molecule has 1 atom stereocenters. The minimum Gasteiger partial charge on any atom is -0.504 e. The summed E-state index contributed by atoms with van der Waals surface area (Å²) in [5.74, 6) is -4.89. The quantitative estimate of drug-likeness (QED) is 0.114. The van der Waals surface area contributed by atoms with E-state index < -0.39 is 52.6 Å². The predicted octanol–water partition coefficient (Wildman–Crippen LogP) is 3.44. The molecule has 11 nitrogen and oxygen atoms in total. The number of carbonyl (C=O) groups is 2. The van der Waals surface area contributed by atoms with Gasteiger partial charge in [0.2, 0.25) is 11.5 Å². The summed E-state index contributed by atoms with van der Waals surface area (Å²) in [6, 6.07) is 6.78. The number of aromatic hydroxyl groups is 5. The van der Waals surface area contributed by atoms with Gasteiger partial charge in [0.15, 0.2) is 28.4 Å². The number of phenolic OH excluding ortho intramolecular Hbond substituents is 5. The van der Waals surface area contributed by atoms with Crippen molar-refractivity contribution in [2.24, 2.45) is 0 Å². The minimum absolute atomic E-state index is 0.204. The second kappa shape index (κ2) is 9.82. The molecule has 0 aromatic heterocycles. The molecule has 0 bridgehead atoms. The lowest BCUT2D eigenvalue weighted by molar-refractivity contribution is 0.0934. The number of phenols is 5. The Morgan fingerprint density at radius 1 is 0.973 bits per heavy atom. The van der Waals surface area contributed by atoms with Crippen LogP contribution in [0.4, 0.5) is 4.79 Å². The molecule has 37 heavy (non-hydrogen) atoms. The number of carbonyl (C=O) groups excluding carboxylic acids is 1. The largest absolute Gasteiger partial charge is 0.511 e. The molecule has 0 unspecified atom stereocenters. The van der Waals surface area contributed by atoms with Crippen molar-refractivity contribution in [2.75, 3.05) is 6.26 Å². The van der Waals surface area contributed by atoms with E-state index in [1.807, 2.05) is 0 Å². The lowest BCUT2D eigenvalue weighted by atomic mass is 9.95. The van der Waals surface area contributed by atoms with E-state index in [1.54, 1.807) is 18.4 Å². The third kappa shape index (κ3) is 4.78. The number of carboxylic acid groups (broad SMARTS) is 1. The molecule has 0 heterocycles. The first kappa shape index (κ1) is 25.5. The Balaban J connectivity index is 1.82. The second-order valence-corrected chi connectivity index (χ2v) is 9.03. The van der Waals surface area contributed by atoms with Crippen molar-refractivity contribution in [3.8, 4) is 45.6 Å². The van der Waals surface area contributed by atoms with Gasteiger partial charge in [-0.15, -0.1) is 11.8 Å². The summed E-state index contributed by atoms with van der Waals surface area (Å²) in [7, 11) is 0. The third-order valence-electron chi connectivity index (χ3n) is 5.95. The third-order valence-corrected chi connectivity index (χ3v) is 6.73. The Morgan fingerprint density at radius 3 is 2.27 bits per heavy atom. The molecule has 12 heteroatoms. The van der Waals surface area contributed by atoms with E-state index in [-0.39, 0.29) is 29.4 Å². The number of amides is 1. The molecule has 4 rings (SSSR count). The molecule has 7 N–H and O–H groups in total. The van der Waals surface area contributed by atoms with Crippen LogP contribution < -0.4 is 15.5 Å². The first-order valence-electron chi connectivity index (χ1n) is 10.8. The van der Waals surface area contributed by atoms with Gasteiger partial charge in [0, 0.05) is 11.1 Å². The monoisotopic (exact) mass is 527 g/mol. The van der Waals surface area contributed by atoms with Crippen LogP contribution in [-0.2, 0) is 6.42 Å². The van der Waals surface area contributed by atoms with Crippen LogP contribution in [0, 0.1) is 0 Å². The normalized spacial score (nSPS) is 14.1. The van der Waals surface area contributed by atoms with Gasteiger partial charge in [-0.1, -0.05) is 6.07 Å². The van der Waals surface area contributed by atoms with Crippen molar-refractivity contribution in [3.05, 3.63) is 63.3 Å². The molecular formula is C25H21NO10S. The van der Waals surface area contributed by atoms with Crippen molar-refractivity contribution >= 4 is 23.8 Å². The fourth-order valence-corrected chi connectivity index (χ4v) is 4.74. The highest BCUT2D eigenvalue weighted by Crippen LogP contribution is 2.49. The molecule has 0 saturated carbocycles. The number of fused-ring (bicyclic) bond motifs is 3. The second-order valence-electron chi connectivity index (χ2n) is 8.18. The first-order chi connectivity index (χ1) is 17.5. The maximum Gasteiger partial charge on any atom is 0.511 e. The number of nitrogens with one attached hydrogen (secondary N) is 1. The van der Waals surface area contributed by atoms with Gasteiger partial charge in [-0.05, 0) is 66.1 Å². The van der Waals surface area contributed by atoms with Gasteiger partial charge in [-0.3, -0.25) is 9.59 Å². The minimum atomic E-state index is -1.77. The molecule has 1 aliphatic carbocycles. The van der Waals surface area contributed by atoms with E-state index in [1.165, 1.54) is 23.9 Å². The molecule has 192 valence electrons. The fourth-order valence-electron chi connectivity index (χ4n) is 4.28. The molecule has 3 aromatic rings. The van der Waals surface area contributed by atoms with Crippen molar-refractivity contribution in [1.82, 2.24) is 5.32 Å². The van der Waals surface area contributed by atoms with Gasteiger partial charge in [0.25, 0.3) is 5.91 Å². The molecule has 0 radical (unpaired) electrons. The van der Waals surface area contributed by atoms with E-state index in [4.69, 9.17) is 5.11 Å². The average Bonchev–Trinajstić information content (AvgIpc) is 3.08. The molecule has 0 fully saturated rings. The Bertz CT molecular complexity index is 1480. The van der Waals surface area contributed by atoms with Gasteiger partial charge in [0.1, 0.15) is 0 Å². The summed E-state index contributed by atoms with van der Waals surface area (Å²) in [4.78, 5) is 37.1. The van der Waals surface area contributed by atoms with E-state index in [9.17, 15) is 39.9 Å². The standard InChI is InChI=1S/C25H21NO10S/c1-37-19-5-3-12-13(9-15(19)27)14(4-2-10-6-16(28)21(31)22(32)20(10)12)26-24(33)11-7-17(29)23(18(30)8-11)36-25(34)35/h3,5-9,14,28-32H,2,4H2,1H3,(H,26,33)(H,34,35)/t14-/m0/s1. The average molecular weight is 528 g/mol. The number of hydrogen-bond acceptors (Lipinski definition) is 10. The van der Waals surface area contributed by atoms with Crippen LogP contribution in [0.15, 0.2) is 46.1 Å². The summed E-state index contributed by atoms with van der Waals surface area (Å²) in [6.45, 7) is 0. The van der Waals surface area contributed by atoms with Gasteiger partial charge in [-0.2, -0.15) is 0 Å². The zero-order chi connectivity index (χ0) is 27.0. The molecule has 0 saturated heterocycles. The molecular weight excluding hydrogens is 506 g/mol. The topological polar surface area (TPSA) is 194 Å². The Hall–Kier alpha value is -4.58. The summed E-state index contributed by atoms with van der Waals surface area (Å²) in [5, 5.41) is 62.5. The number of hydrogen-bond donors (Lipinski definition) is 7. The van der Waals surface area contributed by atoms with Crippen LogP contribution in [-0.4, -0.2) is 49.0 Å². The first-order valence-corrected chi connectivity index (χ1v) is 12.0. The smallest absolute Gasteiger partial charge is 0.504 e. The molecule has 1 aliphatic rings. The van der Waals surface area contributed by atoms with Crippen molar-refractivity contribution < 1.29 is 45.0 Å². The van der Waals surface area contributed by atoms with Crippen molar-refractivity contribution in [3.63, 3.8) is 0 Å². The van der Waals surface area contributed by atoms with Crippen molar-refractivity contribution in [1.29, 1.82) is 0 Å². The number of benzene rings is 2. The maximum absolute atomic E-state index is 13.1. The lowest BCUT2D eigenvalue weighted by Gasteiger charge is -2.19. The van der Waals surface area contributed by atoms with E-state index in [0.29, 0.717) is 21.6 Å². The van der Waals surface area contributed by atoms with E-state index in [0.717, 1.165) is 12.1 Å². The number of rotatable bonds is 4. The predicted molar refractivity (Wildman–Crippen MR) is 132 cm³/mol. The van der Waals surface area contributed by atoms with Gasteiger partial charge in [-0.25, -0.2) is 4.79 Å². The summed E-state index contributed by atoms with van der Waals surface area (Å²) < 4.78 is 4.32. The summed E-state index contributed by atoms with van der Waals surface area (Å²) in [5.41, 5.74) is 0.790. The highest BCUT2D eigenvalue weighted by atomic mass is 32.2. The van der Waals surface area contributed by atoms with Gasteiger partial charge < -0.3 is 40.7 Å². The molecule has 1 amide bonds. The number of thioether (sulfide) groups is 1. The fraction of sp³-hybridized carbons (Fsp3) is 0.160. The van der Waals surface area contributed by atoms with Crippen LogP contribution >= 0.6 is 11.8 Å². The van der Waals surface area contributed by atoms with Gasteiger partial charge in [0.05, 0.1) is 10.9 Å². The molecule has 0 aliphatic heterocycles. The Labute approximate surface area is 213 Å². The SMILES string of the molecule is CSc1ccc2c(cc1=O)[C@@H](NC(=O)c1cc(O)c(OC(=O)O)c(O)c1)CCc1cc(O)c(O)c(O)c1-2. The Kier molecular flexibility index (Phi) is 6.77. The molecule has 3 aromatic carbocycles. The summed E-state index contributed by atoms with van der Waals surface area (Å²) in [6.07, 6.45) is 0.383. The highest BCUT2D eigenvalue weighted by molar-refractivity contribution is 7.98. The summed E-state index contributed by atoms with van der Waals surface area (Å²) >= 11 is 1.20. The van der Waals surface area contributed by atoms with Crippen LogP contribution in [0.1, 0.15) is 33.9 Å². The van der Waals surface area contributed by atoms with Crippen molar-refractivity contribution in [2.45, 2.75) is 23.8 Å². The lowest BCUT2D eigenvalue weighted by Crippen LogP contribution is -2.29. The van der Waals surface area contributed by atoms with Crippen LogP contribution in [0.5, 0.6) is 34.5 Å². The van der Waals surface area contributed by atoms with Crippen LogP contribution in [0.25, 0.3) is 11.1 Å². The zero-order valence-electron chi connectivity index (χ0n) is 19.2.